The van der Waals surface area contributed by atoms with Crippen LogP contribution >= 0.6 is 0 Å². The fourth-order valence-corrected chi connectivity index (χ4v) is 3.26. The number of nitrogens with one attached hydrogen (secondary N) is 1. The molecule has 1 aromatic heterocycles. The zero-order valence-corrected chi connectivity index (χ0v) is 18.1. The van der Waals surface area contributed by atoms with Gasteiger partial charge in [-0.2, -0.15) is 0 Å². The van der Waals surface area contributed by atoms with Crippen LogP contribution in [0.4, 0.5) is 0 Å². The molecule has 162 valence electrons. The molecule has 2 aromatic carbocycles. The Morgan fingerprint density at radius 3 is 2.55 bits per heavy atom. The SMILES string of the molecule is COc1cccc(COc2cn(C)c(C(=O)N[C@@H](C)CCc3ccccc3)cc2=O)c1. The number of hydrogen-bond donors (Lipinski definition) is 1. The van der Waals surface area contributed by atoms with Gasteiger partial charge in [0.15, 0.2) is 5.75 Å². The van der Waals surface area contributed by atoms with E-state index in [1.807, 2.05) is 49.4 Å². The van der Waals surface area contributed by atoms with Crippen LogP contribution in [0.3, 0.4) is 0 Å². The third-order valence-corrected chi connectivity index (χ3v) is 5.05. The molecule has 1 heterocycles. The number of ether oxygens (including phenoxy) is 2. The number of nitrogens with zero attached hydrogens (tertiary/aromatic N) is 1. The van der Waals surface area contributed by atoms with E-state index in [1.165, 1.54) is 11.6 Å². The summed E-state index contributed by atoms with van der Waals surface area (Å²) < 4.78 is 12.5. The van der Waals surface area contributed by atoms with Gasteiger partial charge in [-0.1, -0.05) is 42.5 Å². The molecule has 1 amide bonds. The van der Waals surface area contributed by atoms with E-state index in [9.17, 15) is 9.59 Å². The number of rotatable bonds is 9. The van der Waals surface area contributed by atoms with Gasteiger partial charge in [-0.25, -0.2) is 0 Å². The number of carbonyl (C=O) groups is 1. The molecule has 6 heteroatoms. The van der Waals surface area contributed by atoms with Gasteiger partial charge in [0.25, 0.3) is 5.91 Å². The standard InChI is InChI=1S/C25H28N2O4/c1-18(12-13-19-8-5-4-6-9-19)26-25(29)22-15-23(28)24(16-27(22)2)31-17-20-10-7-11-21(14-20)30-3/h4-11,14-16,18H,12-13,17H2,1-3H3,(H,26,29)/t18-/m0/s1. The third-order valence-electron chi connectivity index (χ3n) is 5.05. The second-order valence-electron chi connectivity index (χ2n) is 7.54. The average molecular weight is 421 g/mol. The maximum absolute atomic E-state index is 12.7. The largest absolute Gasteiger partial charge is 0.497 e. The molecular weight excluding hydrogens is 392 g/mol. The minimum atomic E-state index is -0.330. The fraction of sp³-hybridized carbons (Fsp3) is 0.280. The molecule has 0 aliphatic carbocycles. The van der Waals surface area contributed by atoms with Crippen molar-refractivity contribution in [2.45, 2.75) is 32.4 Å². The van der Waals surface area contributed by atoms with Crippen LogP contribution < -0.4 is 20.2 Å². The molecule has 3 rings (SSSR count). The smallest absolute Gasteiger partial charge is 0.268 e. The summed E-state index contributed by atoms with van der Waals surface area (Å²) in [5.41, 5.74) is 2.08. The summed E-state index contributed by atoms with van der Waals surface area (Å²) in [6.07, 6.45) is 3.23. The lowest BCUT2D eigenvalue weighted by Crippen LogP contribution is -2.35. The second-order valence-corrected chi connectivity index (χ2v) is 7.54. The molecule has 0 bridgehead atoms. The highest BCUT2D eigenvalue weighted by Gasteiger charge is 2.15. The van der Waals surface area contributed by atoms with Crippen molar-refractivity contribution in [1.82, 2.24) is 9.88 Å². The van der Waals surface area contributed by atoms with Gasteiger partial charge in [-0.15, -0.1) is 0 Å². The normalized spacial score (nSPS) is 11.6. The topological polar surface area (TPSA) is 69.6 Å². The van der Waals surface area contributed by atoms with Crippen molar-refractivity contribution in [3.05, 3.63) is 93.9 Å². The Morgan fingerprint density at radius 2 is 1.81 bits per heavy atom. The van der Waals surface area contributed by atoms with E-state index < -0.39 is 0 Å². The number of amides is 1. The van der Waals surface area contributed by atoms with Gasteiger partial charge < -0.3 is 19.4 Å². The van der Waals surface area contributed by atoms with Crippen LogP contribution in [0, 0.1) is 0 Å². The number of pyridine rings is 1. The van der Waals surface area contributed by atoms with Crippen LogP contribution in [0.2, 0.25) is 0 Å². The van der Waals surface area contributed by atoms with Crippen LogP contribution in [0.15, 0.2) is 71.7 Å². The number of aryl methyl sites for hydroxylation is 2. The summed E-state index contributed by atoms with van der Waals surface area (Å²) in [5, 5.41) is 2.97. The molecule has 3 aromatic rings. The van der Waals surface area contributed by atoms with Crippen molar-refractivity contribution in [1.29, 1.82) is 0 Å². The first-order valence-corrected chi connectivity index (χ1v) is 10.3. The van der Waals surface area contributed by atoms with Crippen molar-refractivity contribution in [2.75, 3.05) is 7.11 Å². The predicted molar refractivity (Wildman–Crippen MR) is 121 cm³/mol. The van der Waals surface area contributed by atoms with Crippen LogP contribution in [0.25, 0.3) is 0 Å². The summed E-state index contributed by atoms with van der Waals surface area (Å²) >= 11 is 0. The molecular formula is C25H28N2O4. The Hall–Kier alpha value is -3.54. The number of benzene rings is 2. The Kier molecular flexibility index (Phi) is 7.49. The van der Waals surface area contributed by atoms with Gasteiger partial charge in [0.05, 0.1) is 13.3 Å². The van der Waals surface area contributed by atoms with Gasteiger partial charge >= 0.3 is 0 Å². The third kappa shape index (κ3) is 6.22. The summed E-state index contributed by atoms with van der Waals surface area (Å²) in [6, 6.07) is 18.9. The molecule has 0 saturated heterocycles. The zero-order chi connectivity index (χ0) is 22.2. The summed E-state index contributed by atoms with van der Waals surface area (Å²) in [7, 11) is 3.32. The monoisotopic (exact) mass is 420 g/mol. The number of aromatic nitrogens is 1. The minimum absolute atomic E-state index is 0.0215. The van der Waals surface area contributed by atoms with Crippen LogP contribution in [-0.4, -0.2) is 23.6 Å². The lowest BCUT2D eigenvalue weighted by atomic mass is 10.1. The summed E-state index contributed by atoms with van der Waals surface area (Å²) in [6.45, 7) is 2.19. The van der Waals surface area contributed by atoms with E-state index in [1.54, 1.807) is 24.9 Å². The molecule has 1 N–H and O–H groups in total. The van der Waals surface area contributed by atoms with Crippen molar-refractivity contribution < 1.29 is 14.3 Å². The van der Waals surface area contributed by atoms with E-state index in [0.29, 0.717) is 5.69 Å². The first kappa shape index (κ1) is 22.2. The number of carbonyl (C=O) groups excluding carboxylic acids is 1. The Labute approximate surface area is 182 Å². The Balaban J connectivity index is 1.60. The van der Waals surface area contributed by atoms with Crippen molar-refractivity contribution >= 4 is 5.91 Å². The van der Waals surface area contributed by atoms with Crippen molar-refractivity contribution in [3.63, 3.8) is 0 Å². The lowest BCUT2D eigenvalue weighted by Gasteiger charge is -2.16. The molecule has 6 nitrogen and oxygen atoms in total. The molecule has 0 aliphatic rings. The maximum Gasteiger partial charge on any atom is 0.268 e. The zero-order valence-electron chi connectivity index (χ0n) is 18.1. The van der Waals surface area contributed by atoms with Crippen LogP contribution in [0.1, 0.15) is 35.0 Å². The predicted octanol–water partition coefficient (Wildman–Crippen LogP) is 3.72. The van der Waals surface area contributed by atoms with E-state index in [4.69, 9.17) is 9.47 Å². The molecule has 0 radical (unpaired) electrons. The Morgan fingerprint density at radius 1 is 1.06 bits per heavy atom. The Bertz CT molecular complexity index is 1080. The van der Waals surface area contributed by atoms with Gasteiger partial charge in [0.1, 0.15) is 18.1 Å². The quantitative estimate of drug-likeness (QED) is 0.573. The van der Waals surface area contributed by atoms with Gasteiger partial charge in [0, 0.05) is 19.2 Å². The van der Waals surface area contributed by atoms with Crippen LogP contribution in [-0.2, 0) is 20.1 Å². The highest BCUT2D eigenvalue weighted by atomic mass is 16.5. The average Bonchev–Trinajstić information content (AvgIpc) is 2.78. The molecule has 31 heavy (non-hydrogen) atoms. The van der Waals surface area contributed by atoms with E-state index in [-0.39, 0.29) is 29.7 Å². The van der Waals surface area contributed by atoms with Gasteiger partial charge in [-0.05, 0) is 43.0 Å². The van der Waals surface area contributed by atoms with Gasteiger partial charge in [-0.3, -0.25) is 9.59 Å². The molecule has 0 aliphatic heterocycles. The minimum Gasteiger partial charge on any atom is -0.497 e. The summed E-state index contributed by atoms with van der Waals surface area (Å²) in [5.74, 6) is 0.640. The highest BCUT2D eigenvalue weighted by molar-refractivity contribution is 5.92. The fourth-order valence-electron chi connectivity index (χ4n) is 3.26. The van der Waals surface area contributed by atoms with Crippen molar-refractivity contribution in [3.8, 4) is 11.5 Å². The summed E-state index contributed by atoms with van der Waals surface area (Å²) in [4.78, 5) is 25.2. The second kappa shape index (κ2) is 10.5. The first-order chi connectivity index (χ1) is 15.0. The number of methoxy groups -OCH3 is 1. The molecule has 0 unspecified atom stereocenters. The van der Waals surface area contributed by atoms with E-state index in [0.717, 1.165) is 24.2 Å². The van der Waals surface area contributed by atoms with Crippen LogP contribution in [0.5, 0.6) is 11.5 Å². The molecule has 0 fully saturated rings. The van der Waals surface area contributed by atoms with E-state index >= 15 is 0 Å². The van der Waals surface area contributed by atoms with Gasteiger partial charge in [0.2, 0.25) is 5.43 Å². The molecule has 0 spiro atoms. The molecule has 0 saturated carbocycles. The maximum atomic E-state index is 12.7. The first-order valence-electron chi connectivity index (χ1n) is 10.3. The number of hydrogen-bond acceptors (Lipinski definition) is 4. The highest BCUT2D eigenvalue weighted by Crippen LogP contribution is 2.15. The lowest BCUT2D eigenvalue weighted by molar-refractivity contribution is 0.0929. The van der Waals surface area contributed by atoms with Crippen molar-refractivity contribution in [2.24, 2.45) is 7.05 Å². The van der Waals surface area contributed by atoms with E-state index in [2.05, 4.69) is 17.4 Å². The molecule has 1 atom stereocenters.